The van der Waals surface area contributed by atoms with E-state index >= 15 is 0 Å². The van der Waals surface area contributed by atoms with Crippen LogP contribution in [0.1, 0.15) is 0 Å². The molecule has 0 radical (unpaired) electrons. The van der Waals surface area contributed by atoms with E-state index in [0.717, 1.165) is 0 Å². The van der Waals surface area contributed by atoms with Gasteiger partial charge in [-0.3, -0.25) is 9.20 Å². The van der Waals surface area contributed by atoms with E-state index in [1.807, 2.05) is 18.2 Å². The van der Waals surface area contributed by atoms with Gasteiger partial charge in [0.1, 0.15) is 11.2 Å². The monoisotopic (exact) mass is 309 g/mol. The van der Waals surface area contributed by atoms with Gasteiger partial charge in [0.25, 0.3) is 5.56 Å². The number of carbonyl (C=O) groups excluding carboxylic acids is 1. The second-order valence-electron chi connectivity index (χ2n) is 5.15. The topological polar surface area (TPSA) is 63.9 Å². The fourth-order valence-corrected chi connectivity index (χ4v) is 2.17. The summed E-state index contributed by atoms with van der Waals surface area (Å²) < 4.78 is 6.74. The lowest BCUT2D eigenvalue weighted by Crippen LogP contribution is -2.27. The Morgan fingerprint density at radius 1 is 1.09 bits per heavy atom. The summed E-state index contributed by atoms with van der Waals surface area (Å²) in [6, 6.07) is 14.2. The smallest absolute Gasteiger partial charge is 0.390 e. The van der Waals surface area contributed by atoms with Crippen molar-refractivity contribution >= 4 is 11.7 Å². The van der Waals surface area contributed by atoms with Crippen molar-refractivity contribution < 1.29 is 9.53 Å². The van der Waals surface area contributed by atoms with Gasteiger partial charge in [0.2, 0.25) is 5.88 Å². The number of rotatable bonds is 2. The summed E-state index contributed by atoms with van der Waals surface area (Å²) in [6.07, 6.45) is 1.05. The van der Waals surface area contributed by atoms with E-state index in [4.69, 9.17) is 4.74 Å². The zero-order chi connectivity index (χ0) is 16.4. The van der Waals surface area contributed by atoms with Crippen LogP contribution < -0.4 is 10.3 Å². The number of ether oxygens (including phenoxy) is 1. The summed E-state index contributed by atoms with van der Waals surface area (Å²) in [5.41, 5.74) is 1.02. The predicted molar refractivity (Wildman–Crippen MR) is 86.6 cm³/mol. The van der Waals surface area contributed by atoms with Crippen molar-refractivity contribution in [1.82, 2.24) is 14.3 Å². The molecule has 1 aromatic carbocycles. The molecule has 0 fully saturated rings. The summed E-state index contributed by atoms with van der Waals surface area (Å²) in [5, 5.41) is 0. The number of amides is 1. The average molecular weight is 309 g/mol. The third-order valence-electron chi connectivity index (χ3n) is 3.31. The molecule has 3 aromatic rings. The Morgan fingerprint density at radius 2 is 1.78 bits per heavy atom. The zero-order valence-corrected chi connectivity index (χ0v) is 12.8. The van der Waals surface area contributed by atoms with E-state index in [1.54, 1.807) is 50.6 Å². The summed E-state index contributed by atoms with van der Waals surface area (Å²) in [5.74, 6) is 0.00565. The average Bonchev–Trinajstić information content (AvgIpc) is 2.56. The molecule has 0 spiro atoms. The first kappa shape index (κ1) is 14.8. The van der Waals surface area contributed by atoms with Crippen molar-refractivity contribution in [3.63, 3.8) is 0 Å². The van der Waals surface area contributed by atoms with Crippen LogP contribution in [-0.4, -0.2) is 34.5 Å². The van der Waals surface area contributed by atoms with Gasteiger partial charge in [-0.15, -0.1) is 0 Å². The maximum atomic E-state index is 12.8. The maximum Gasteiger partial charge on any atom is 0.416 e. The summed E-state index contributed by atoms with van der Waals surface area (Å²) >= 11 is 0. The quantitative estimate of drug-likeness (QED) is 0.729. The molecule has 0 aliphatic heterocycles. The molecule has 0 unspecified atom stereocenters. The highest BCUT2D eigenvalue weighted by atomic mass is 16.6. The highest BCUT2D eigenvalue weighted by molar-refractivity contribution is 5.75. The third kappa shape index (κ3) is 2.78. The van der Waals surface area contributed by atoms with Gasteiger partial charge in [-0.05, 0) is 17.7 Å². The number of hydrogen-bond acceptors (Lipinski definition) is 4. The molecule has 6 nitrogen and oxygen atoms in total. The standard InChI is InChI=1S/C17H15N3O3/c1-19(2)17(22)23-15-14(12-8-4-3-5-9-12)16(21)20-11-7-6-10-13(20)18-15/h3-11H,1-2H3. The highest BCUT2D eigenvalue weighted by Crippen LogP contribution is 2.25. The Balaban J connectivity index is 2.28. The largest absolute Gasteiger partial charge is 0.416 e. The van der Waals surface area contributed by atoms with Crippen LogP contribution in [0.4, 0.5) is 4.79 Å². The van der Waals surface area contributed by atoms with Gasteiger partial charge in [-0.25, -0.2) is 4.79 Å². The maximum absolute atomic E-state index is 12.8. The number of fused-ring (bicyclic) bond motifs is 1. The van der Waals surface area contributed by atoms with Gasteiger partial charge < -0.3 is 9.64 Å². The number of benzene rings is 1. The van der Waals surface area contributed by atoms with E-state index < -0.39 is 6.09 Å². The first-order valence-corrected chi connectivity index (χ1v) is 7.04. The molecule has 2 aromatic heterocycles. The first-order valence-electron chi connectivity index (χ1n) is 7.04. The van der Waals surface area contributed by atoms with Gasteiger partial charge >= 0.3 is 6.09 Å². The van der Waals surface area contributed by atoms with Crippen LogP contribution in [0, 0.1) is 0 Å². The van der Waals surface area contributed by atoms with Gasteiger partial charge in [0, 0.05) is 20.3 Å². The molecule has 3 rings (SSSR count). The molecule has 0 N–H and O–H groups in total. The third-order valence-corrected chi connectivity index (χ3v) is 3.31. The molecule has 0 bridgehead atoms. The number of nitrogens with zero attached hydrogens (tertiary/aromatic N) is 3. The van der Waals surface area contributed by atoms with Crippen LogP contribution in [0.25, 0.3) is 16.8 Å². The Hall–Kier alpha value is -3.15. The molecule has 0 aliphatic rings. The Labute approximate surface area is 132 Å². The van der Waals surface area contributed by atoms with Gasteiger partial charge in [0.15, 0.2) is 0 Å². The first-order chi connectivity index (χ1) is 11.1. The number of aromatic nitrogens is 2. The summed E-state index contributed by atoms with van der Waals surface area (Å²) in [4.78, 5) is 30.3. The molecule has 6 heteroatoms. The van der Waals surface area contributed by atoms with Crippen LogP contribution in [0.3, 0.4) is 0 Å². The van der Waals surface area contributed by atoms with Crippen molar-refractivity contribution in [2.24, 2.45) is 0 Å². The molecule has 23 heavy (non-hydrogen) atoms. The highest BCUT2D eigenvalue weighted by Gasteiger charge is 2.19. The minimum Gasteiger partial charge on any atom is -0.390 e. The van der Waals surface area contributed by atoms with Crippen LogP contribution in [-0.2, 0) is 0 Å². The number of hydrogen-bond donors (Lipinski definition) is 0. The Morgan fingerprint density at radius 3 is 2.48 bits per heavy atom. The van der Waals surface area contributed by atoms with Gasteiger partial charge in [-0.2, -0.15) is 4.98 Å². The molecule has 2 heterocycles. The zero-order valence-electron chi connectivity index (χ0n) is 12.8. The van der Waals surface area contributed by atoms with E-state index in [-0.39, 0.29) is 17.0 Å². The van der Waals surface area contributed by atoms with Crippen LogP contribution in [0.15, 0.2) is 59.5 Å². The van der Waals surface area contributed by atoms with E-state index in [1.165, 1.54) is 9.30 Å². The Bertz CT molecular complexity index is 917. The van der Waals surface area contributed by atoms with Crippen molar-refractivity contribution in [3.05, 3.63) is 65.1 Å². The molecular formula is C17H15N3O3. The predicted octanol–water partition coefficient (Wildman–Crippen LogP) is 2.42. The van der Waals surface area contributed by atoms with Crippen molar-refractivity contribution in [2.75, 3.05) is 14.1 Å². The molecule has 1 amide bonds. The lowest BCUT2D eigenvalue weighted by molar-refractivity contribution is 0.170. The second-order valence-corrected chi connectivity index (χ2v) is 5.15. The van der Waals surface area contributed by atoms with Crippen molar-refractivity contribution in [2.45, 2.75) is 0 Å². The van der Waals surface area contributed by atoms with Gasteiger partial charge in [-0.1, -0.05) is 36.4 Å². The number of carbonyl (C=O) groups is 1. The van der Waals surface area contributed by atoms with Crippen LogP contribution in [0.2, 0.25) is 0 Å². The second kappa shape index (κ2) is 5.92. The Kier molecular flexibility index (Phi) is 3.80. The van der Waals surface area contributed by atoms with Crippen molar-refractivity contribution in [3.8, 4) is 17.0 Å². The molecule has 0 saturated carbocycles. The fourth-order valence-electron chi connectivity index (χ4n) is 2.17. The van der Waals surface area contributed by atoms with Crippen LogP contribution >= 0.6 is 0 Å². The molecule has 0 atom stereocenters. The minimum atomic E-state index is -0.589. The fraction of sp³-hybridized carbons (Fsp3) is 0.118. The van der Waals surface area contributed by atoms with E-state index in [0.29, 0.717) is 11.2 Å². The normalized spacial score (nSPS) is 10.5. The molecule has 116 valence electrons. The molecule has 0 aliphatic carbocycles. The minimum absolute atomic E-state index is 0.00565. The SMILES string of the molecule is CN(C)C(=O)Oc1nc2ccccn2c(=O)c1-c1ccccc1. The lowest BCUT2D eigenvalue weighted by Gasteiger charge is -2.13. The van der Waals surface area contributed by atoms with Gasteiger partial charge in [0.05, 0.1) is 0 Å². The van der Waals surface area contributed by atoms with E-state index in [9.17, 15) is 9.59 Å². The van der Waals surface area contributed by atoms with Crippen molar-refractivity contribution in [1.29, 1.82) is 0 Å². The number of pyridine rings is 1. The van der Waals surface area contributed by atoms with E-state index in [2.05, 4.69) is 4.98 Å². The molecule has 0 saturated heterocycles. The van der Waals surface area contributed by atoms with Crippen LogP contribution in [0.5, 0.6) is 5.88 Å². The lowest BCUT2D eigenvalue weighted by atomic mass is 10.1. The molecular weight excluding hydrogens is 294 g/mol. The summed E-state index contributed by atoms with van der Waals surface area (Å²) in [6.45, 7) is 0. The summed E-state index contributed by atoms with van der Waals surface area (Å²) in [7, 11) is 3.14.